The van der Waals surface area contributed by atoms with Gasteiger partial charge in [0.25, 0.3) is 5.92 Å². The molecule has 1 atom stereocenters. The van der Waals surface area contributed by atoms with E-state index in [1.165, 1.54) is 46.3 Å². The smallest absolute Gasteiger partial charge is 0.282 e. The van der Waals surface area contributed by atoms with Crippen LogP contribution in [0.4, 0.5) is 13.2 Å². The van der Waals surface area contributed by atoms with Gasteiger partial charge in [0.2, 0.25) is 0 Å². The number of pyridine rings is 1. The van der Waals surface area contributed by atoms with Gasteiger partial charge >= 0.3 is 0 Å². The summed E-state index contributed by atoms with van der Waals surface area (Å²) in [7, 11) is 1.66. The maximum Gasteiger partial charge on any atom is 0.282 e. The molecule has 3 aromatic heterocycles. The van der Waals surface area contributed by atoms with Gasteiger partial charge in [0.05, 0.1) is 23.8 Å². The van der Waals surface area contributed by atoms with E-state index in [2.05, 4.69) is 20.1 Å². The summed E-state index contributed by atoms with van der Waals surface area (Å²) in [6.07, 6.45) is 4.41. The molecule has 4 aromatic rings. The lowest BCUT2D eigenvalue weighted by atomic mass is 10.1. The molecule has 10 heteroatoms. The van der Waals surface area contributed by atoms with Crippen molar-refractivity contribution < 1.29 is 13.2 Å². The molecule has 144 valence electrons. The Kier molecular flexibility index (Phi) is 3.66. The molecular formula is C18H16F3N7. The lowest BCUT2D eigenvalue weighted by Crippen LogP contribution is -2.31. The second kappa shape index (κ2) is 5.99. The molecule has 0 spiro atoms. The van der Waals surface area contributed by atoms with Crippen molar-refractivity contribution in [2.45, 2.75) is 18.5 Å². The van der Waals surface area contributed by atoms with Crippen molar-refractivity contribution in [2.75, 3.05) is 20.1 Å². The van der Waals surface area contributed by atoms with E-state index in [9.17, 15) is 13.2 Å². The van der Waals surface area contributed by atoms with Gasteiger partial charge in [-0.05, 0) is 25.2 Å². The Balaban J connectivity index is 1.81. The highest BCUT2D eigenvalue weighted by Gasteiger charge is 2.49. The molecular weight excluding hydrogens is 371 g/mol. The zero-order chi connectivity index (χ0) is 19.5. The number of aromatic nitrogens is 6. The van der Waals surface area contributed by atoms with Crippen LogP contribution in [0.5, 0.6) is 0 Å². The molecule has 0 radical (unpaired) electrons. The SMILES string of the molecule is CN1C[C@H](n2c(Cn3cncn3)nc3cnc4ccc(F)cc4c32)C(F)(F)C1. The van der Waals surface area contributed by atoms with E-state index in [1.807, 2.05) is 0 Å². The maximum absolute atomic E-state index is 14.9. The van der Waals surface area contributed by atoms with Gasteiger partial charge in [-0.2, -0.15) is 5.10 Å². The first-order chi connectivity index (χ1) is 13.4. The van der Waals surface area contributed by atoms with Crippen LogP contribution in [0.25, 0.3) is 21.9 Å². The Morgan fingerprint density at radius 1 is 1.25 bits per heavy atom. The van der Waals surface area contributed by atoms with Crippen molar-refractivity contribution in [3.63, 3.8) is 0 Å². The molecule has 1 fully saturated rings. The van der Waals surface area contributed by atoms with E-state index < -0.39 is 17.8 Å². The van der Waals surface area contributed by atoms with Gasteiger partial charge in [0.15, 0.2) is 0 Å². The first kappa shape index (κ1) is 17.1. The number of nitrogens with zero attached hydrogens (tertiary/aromatic N) is 7. The molecule has 4 heterocycles. The summed E-state index contributed by atoms with van der Waals surface area (Å²) in [6.45, 7) is -0.0266. The predicted molar refractivity (Wildman–Crippen MR) is 95.6 cm³/mol. The Labute approximate surface area is 157 Å². The van der Waals surface area contributed by atoms with E-state index in [1.54, 1.807) is 11.9 Å². The van der Waals surface area contributed by atoms with E-state index >= 15 is 0 Å². The number of rotatable bonds is 3. The van der Waals surface area contributed by atoms with Gasteiger partial charge in [-0.15, -0.1) is 0 Å². The number of likely N-dealkylation sites (N-methyl/N-ethyl adjacent to an activating group) is 1. The second-order valence-electron chi connectivity index (χ2n) is 7.12. The third-order valence-electron chi connectivity index (χ3n) is 5.09. The van der Waals surface area contributed by atoms with Crippen LogP contribution < -0.4 is 0 Å². The lowest BCUT2D eigenvalue weighted by Gasteiger charge is -2.22. The average molecular weight is 387 g/mol. The van der Waals surface area contributed by atoms with Crippen molar-refractivity contribution in [2.24, 2.45) is 0 Å². The van der Waals surface area contributed by atoms with Crippen LogP contribution in [0.15, 0.2) is 37.1 Å². The Morgan fingerprint density at radius 3 is 2.82 bits per heavy atom. The first-order valence-electron chi connectivity index (χ1n) is 8.76. The van der Waals surface area contributed by atoms with Crippen molar-refractivity contribution in [1.29, 1.82) is 0 Å². The molecule has 1 aliphatic rings. The molecule has 28 heavy (non-hydrogen) atoms. The predicted octanol–water partition coefficient (Wildman–Crippen LogP) is 2.49. The van der Waals surface area contributed by atoms with Crippen molar-refractivity contribution in [3.8, 4) is 0 Å². The molecule has 0 amide bonds. The molecule has 0 N–H and O–H groups in total. The van der Waals surface area contributed by atoms with Crippen LogP contribution >= 0.6 is 0 Å². The van der Waals surface area contributed by atoms with E-state index in [4.69, 9.17) is 0 Å². The number of benzene rings is 1. The van der Waals surface area contributed by atoms with Gasteiger partial charge < -0.3 is 4.57 Å². The fraction of sp³-hybridized carbons (Fsp3) is 0.333. The van der Waals surface area contributed by atoms with Crippen molar-refractivity contribution >= 4 is 21.9 Å². The molecule has 7 nitrogen and oxygen atoms in total. The van der Waals surface area contributed by atoms with Gasteiger partial charge in [0, 0.05) is 11.9 Å². The monoisotopic (exact) mass is 387 g/mol. The number of halogens is 3. The standard InChI is InChI=1S/C18H16F3N7/c1-26-6-15(18(20,21)8-26)28-16(7-27-10-22-9-24-27)25-14-5-23-13-3-2-11(19)4-12(13)17(14)28/h2-5,9-10,15H,6-8H2,1H3/t15-/m0/s1. The highest BCUT2D eigenvalue weighted by Crippen LogP contribution is 2.40. The van der Waals surface area contributed by atoms with Gasteiger partial charge in [0.1, 0.15) is 42.4 Å². The minimum atomic E-state index is -2.96. The van der Waals surface area contributed by atoms with Crippen LogP contribution in [-0.2, 0) is 6.54 Å². The number of likely N-dealkylation sites (tertiary alicyclic amines) is 1. The second-order valence-corrected chi connectivity index (χ2v) is 7.12. The van der Waals surface area contributed by atoms with E-state index in [-0.39, 0.29) is 19.6 Å². The fourth-order valence-corrected chi connectivity index (χ4v) is 3.93. The van der Waals surface area contributed by atoms with Gasteiger partial charge in [-0.3, -0.25) is 9.88 Å². The van der Waals surface area contributed by atoms with Crippen LogP contribution in [0.2, 0.25) is 0 Å². The molecule has 1 aromatic carbocycles. The zero-order valence-corrected chi connectivity index (χ0v) is 14.9. The van der Waals surface area contributed by atoms with Crippen LogP contribution in [0.1, 0.15) is 11.9 Å². The zero-order valence-electron chi connectivity index (χ0n) is 14.9. The van der Waals surface area contributed by atoms with Crippen LogP contribution in [0, 0.1) is 5.82 Å². The van der Waals surface area contributed by atoms with Crippen molar-refractivity contribution in [3.05, 3.63) is 48.7 Å². The summed E-state index contributed by atoms with van der Waals surface area (Å²) in [4.78, 5) is 14.3. The van der Waals surface area contributed by atoms with E-state index in [0.29, 0.717) is 27.8 Å². The molecule has 1 aliphatic heterocycles. The number of hydrogen-bond donors (Lipinski definition) is 0. The molecule has 0 unspecified atom stereocenters. The quantitative estimate of drug-likeness (QED) is 0.540. The van der Waals surface area contributed by atoms with Crippen molar-refractivity contribution in [1.82, 2.24) is 34.2 Å². The molecule has 0 saturated carbocycles. The molecule has 0 bridgehead atoms. The Hall–Kier alpha value is -3.01. The Bertz CT molecular complexity index is 1170. The summed E-state index contributed by atoms with van der Waals surface area (Å²) in [5.74, 6) is -3.01. The number of fused-ring (bicyclic) bond motifs is 3. The fourth-order valence-electron chi connectivity index (χ4n) is 3.93. The summed E-state index contributed by atoms with van der Waals surface area (Å²) in [5, 5.41) is 4.51. The van der Waals surface area contributed by atoms with Gasteiger partial charge in [-0.25, -0.2) is 27.8 Å². The first-order valence-corrected chi connectivity index (χ1v) is 8.76. The minimum absolute atomic E-state index is 0.155. The van der Waals surface area contributed by atoms with Gasteiger partial charge in [-0.1, -0.05) is 0 Å². The maximum atomic E-state index is 14.9. The number of imidazole rings is 1. The Morgan fingerprint density at radius 2 is 2.11 bits per heavy atom. The third kappa shape index (κ3) is 2.63. The highest BCUT2D eigenvalue weighted by atomic mass is 19.3. The third-order valence-corrected chi connectivity index (χ3v) is 5.09. The topological polar surface area (TPSA) is 64.7 Å². The van der Waals surface area contributed by atoms with Crippen LogP contribution in [-0.4, -0.2) is 60.3 Å². The number of hydrogen-bond acceptors (Lipinski definition) is 5. The minimum Gasteiger partial charge on any atom is -0.315 e. The summed E-state index contributed by atoms with van der Waals surface area (Å²) < 4.78 is 46.8. The summed E-state index contributed by atoms with van der Waals surface area (Å²) in [5.41, 5.74) is 1.43. The normalized spacial score (nSPS) is 19.8. The van der Waals surface area contributed by atoms with Crippen LogP contribution in [0.3, 0.4) is 0 Å². The summed E-state index contributed by atoms with van der Waals surface area (Å²) in [6, 6.07) is 3.03. The lowest BCUT2D eigenvalue weighted by molar-refractivity contribution is -0.0202. The molecule has 0 aliphatic carbocycles. The largest absolute Gasteiger partial charge is 0.315 e. The average Bonchev–Trinajstić information content (AvgIpc) is 3.32. The molecule has 1 saturated heterocycles. The number of alkyl halides is 2. The molecule has 5 rings (SSSR count). The van der Waals surface area contributed by atoms with E-state index in [0.717, 1.165) is 0 Å². The summed E-state index contributed by atoms with van der Waals surface area (Å²) >= 11 is 0. The highest BCUT2D eigenvalue weighted by molar-refractivity contribution is 6.02.